The average molecular weight is 252 g/mol. The number of nitrogens with two attached hydrogens (primary N) is 1. The number of benzene rings is 1. The van der Waals surface area contributed by atoms with E-state index in [4.69, 9.17) is 15.6 Å². The first-order chi connectivity index (χ1) is 8.74. The quantitative estimate of drug-likeness (QED) is 0.733. The van der Waals surface area contributed by atoms with Crippen molar-refractivity contribution in [3.05, 3.63) is 29.3 Å². The van der Waals surface area contributed by atoms with Crippen molar-refractivity contribution in [2.45, 2.75) is 26.4 Å². The highest BCUT2D eigenvalue weighted by Crippen LogP contribution is 2.20. The van der Waals surface area contributed by atoms with Gasteiger partial charge in [0, 0.05) is 25.2 Å². The maximum atomic E-state index is 9.04. The van der Waals surface area contributed by atoms with E-state index in [1.54, 1.807) is 7.11 Å². The van der Waals surface area contributed by atoms with Crippen molar-refractivity contribution in [3.63, 3.8) is 0 Å². The minimum atomic E-state index is 0.194. The first-order valence-electron chi connectivity index (χ1n) is 6.44. The molecule has 4 heteroatoms. The minimum absolute atomic E-state index is 0.194. The van der Waals surface area contributed by atoms with Crippen molar-refractivity contribution in [1.29, 1.82) is 0 Å². The molecule has 4 nitrogen and oxygen atoms in total. The van der Waals surface area contributed by atoms with E-state index in [0.29, 0.717) is 13.1 Å². The second-order valence-corrected chi connectivity index (χ2v) is 4.35. The van der Waals surface area contributed by atoms with Gasteiger partial charge in [0.1, 0.15) is 5.75 Å². The van der Waals surface area contributed by atoms with Crippen LogP contribution in [0.4, 0.5) is 0 Å². The van der Waals surface area contributed by atoms with Gasteiger partial charge in [0.25, 0.3) is 0 Å². The molecule has 1 aromatic carbocycles. The van der Waals surface area contributed by atoms with E-state index < -0.39 is 0 Å². The zero-order valence-electron chi connectivity index (χ0n) is 11.4. The van der Waals surface area contributed by atoms with E-state index in [2.05, 4.69) is 24.0 Å². The van der Waals surface area contributed by atoms with Crippen molar-refractivity contribution in [3.8, 4) is 5.75 Å². The fraction of sp³-hybridized carbons (Fsp3) is 0.571. The summed E-state index contributed by atoms with van der Waals surface area (Å²) in [5, 5.41) is 9.04. The number of hydrogen-bond acceptors (Lipinski definition) is 4. The molecule has 0 spiro atoms. The Hall–Kier alpha value is -1.10. The Balaban J connectivity index is 2.76. The first kappa shape index (κ1) is 15.0. The summed E-state index contributed by atoms with van der Waals surface area (Å²) in [7, 11) is 1.66. The first-order valence-corrected chi connectivity index (χ1v) is 6.44. The molecule has 102 valence electrons. The van der Waals surface area contributed by atoms with Crippen LogP contribution in [-0.4, -0.2) is 36.8 Å². The van der Waals surface area contributed by atoms with Crippen LogP contribution in [0.3, 0.4) is 0 Å². The second-order valence-electron chi connectivity index (χ2n) is 4.35. The third kappa shape index (κ3) is 4.29. The van der Waals surface area contributed by atoms with Crippen LogP contribution in [0.5, 0.6) is 5.75 Å². The van der Waals surface area contributed by atoms with Gasteiger partial charge in [-0.15, -0.1) is 0 Å². The predicted octanol–water partition coefficient (Wildman–Crippen LogP) is 1.36. The van der Waals surface area contributed by atoms with Crippen LogP contribution in [0.15, 0.2) is 18.2 Å². The summed E-state index contributed by atoms with van der Waals surface area (Å²) < 4.78 is 5.26. The molecule has 0 fully saturated rings. The largest absolute Gasteiger partial charge is 0.496 e. The van der Waals surface area contributed by atoms with Crippen molar-refractivity contribution in [1.82, 2.24) is 4.90 Å². The Kier molecular flexibility index (Phi) is 6.72. The lowest BCUT2D eigenvalue weighted by molar-refractivity contribution is 0.190. The highest BCUT2D eigenvalue weighted by Gasteiger charge is 2.07. The molecule has 0 atom stereocenters. The van der Waals surface area contributed by atoms with Gasteiger partial charge in [-0.2, -0.15) is 0 Å². The third-order valence-corrected chi connectivity index (χ3v) is 2.93. The van der Waals surface area contributed by atoms with Crippen molar-refractivity contribution in [2.24, 2.45) is 5.73 Å². The zero-order chi connectivity index (χ0) is 13.4. The van der Waals surface area contributed by atoms with Crippen molar-refractivity contribution < 1.29 is 9.84 Å². The molecule has 0 aromatic heterocycles. The predicted molar refractivity (Wildman–Crippen MR) is 73.5 cm³/mol. The summed E-state index contributed by atoms with van der Waals surface area (Å²) in [6.45, 7) is 5.35. The molecular formula is C14H24N2O2. The SMILES string of the molecule is CCCN(CCO)Cc1ccc(OC)c(CN)c1. The maximum Gasteiger partial charge on any atom is 0.123 e. The molecule has 0 saturated carbocycles. The summed E-state index contributed by atoms with van der Waals surface area (Å²) in [6.07, 6.45) is 1.08. The highest BCUT2D eigenvalue weighted by atomic mass is 16.5. The molecule has 0 aliphatic heterocycles. The van der Waals surface area contributed by atoms with Crippen LogP contribution in [0.25, 0.3) is 0 Å². The third-order valence-electron chi connectivity index (χ3n) is 2.93. The maximum absolute atomic E-state index is 9.04. The number of nitrogens with zero attached hydrogens (tertiary/aromatic N) is 1. The van der Waals surface area contributed by atoms with E-state index >= 15 is 0 Å². The number of methoxy groups -OCH3 is 1. The number of hydrogen-bond donors (Lipinski definition) is 2. The Morgan fingerprint density at radius 3 is 2.67 bits per heavy atom. The van der Waals surface area contributed by atoms with Crippen LogP contribution in [-0.2, 0) is 13.1 Å². The fourth-order valence-corrected chi connectivity index (χ4v) is 2.08. The van der Waals surface area contributed by atoms with Gasteiger partial charge >= 0.3 is 0 Å². The van der Waals surface area contributed by atoms with Crippen LogP contribution in [0.1, 0.15) is 24.5 Å². The lowest BCUT2D eigenvalue weighted by atomic mass is 10.1. The molecule has 0 saturated heterocycles. The van der Waals surface area contributed by atoms with Gasteiger partial charge in [0.15, 0.2) is 0 Å². The fourth-order valence-electron chi connectivity index (χ4n) is 2.08. The van der Waals surface area contributed by atoms with Gasteiger partial charge < -0.3 is 15.6 Å². The van der Waals surface area contributed by atoms with E-state index in [0.717, 1.165) is 30.8 Å². The molecular weight excluding hydrogens is 228 g/mol. The monoisotopic (exact) mass is 252 g/mol. The van der Waals surface area contributed by atoms with E-state index in [1.807, 2.05) is 6.07 Å². The molecule has 3 N–H and O–H groups in total. The van der Waals surface area contributed by atoms with Crippen LogP contribution in [0.2, 0.25) is 0 Å². The van der Waals surface area contributed by atoms with Gasteiger partial charge in [0.2, 0.25) is 0 Å². The highest BCUT2D eigenvalue weighted by molar-refractivity contribution is 5.37. The average Bonchev–Trinajstić information content (AvgIpc) is 2.39. The number of aliphatic hydroxyl groups is 1. The van der Waals surface area contributed by atoms with Crippen LogP contribution < -0.4 is 10.5 Å². The summed E-state index contributed by atoms with van der Waals surface area (Å²) in [5.41, 5.74) is 7.94. The molecule has 18 heavy (non-hydrogen) atoms. The molecule has 1 rings (SSSR count). The van der Waals surface area contributed by atoms with Crippen LogP contribution >= 0.6 is 0 Å². The smallest absolute Gasteiger partial charge is 0.123 e. The summed E-state index contributed by atoms with van der Waals surface area (Å²) in [6, 6.07) is 6.09. The van der Waals surface area contributed by atoms with E-state index in [1.165, 1.54) is 5.56 Å². The molecule has 0 aliphatic rings. The zero-order valence-corrected chi connectivity index (χ0v) is 11.4. The lowest BCUT2D eigenvalue weighted by Gasteiger charge is -2.21. The van der Waals surface area contributed by atoms with E-state index in [9.17, 15) is 0 Å². The summed E-state index contributed by atoms with van der Waals surface area (Å²) in [5.74, 6) is 0.838. The normalized spacial score (nSPS) is 10.9. The Morgan fingerprint density at radius 1 is 1.33 bits per heavy atom. The van der Waals surface area contributed by atoms with E-state index in [-0.39, 0.29) is 6.61 Å². The molecule has 0 unspecified atom stereocenters. The van der Waals surface area contributed by atoms with Gasteiger partial charge in [-0.3, -0.25) is 4.90 Å². The minimum Gasteiger partial charge on any atom is -0.496 e. The van der Waals surface area contributed by atoms with Crippen LogP contribution in [0, 0.1) is 0 Å². The van der Waals surface area contributed by atoms with Gasteiger partial charge in [0.05, 0.1) is 13.7 Å². The number of aliphatic hydroxyl groups excluding tert-OH is 1. The standard InChI is InChI=1S/C14H24N2O2/c1-3-6-16(7-8-17)11-12-4-5-14(18-2)13(9-12)10-15/h4-5,9,17H,3,6-8,10-11,15H2,1-2H3. The Morgan fingerprint density at radius 2 is 2.11 bits per heavy atom. The van der Waals surface area contributed by atoms with Gasteiger partial charge in [-0.1, -0.05) is 13.0 Å². The Labute approximate surface area is 109 Å². The topological polar surface area (TPSA) is 58.7 Å². The molecule has 0 bridgehead atoms. The van der Waals surface area contributed by atoms with Crippen molar-refractivity contribution in [2.75, 3.05) is 26.8 Å². The number of ether oxygens (including phenoxy) is 1. The molecule has 0 heterocycles. The summed E-state index contributed by atoms with van der Waals surface area (Å²) in [4.78, 5) is 2.24. The van der Waals surface area contributed by atoms with Gasteiger partial charge in [-0.05, 0) is 30.7 Å². The lowest BCUT2D eigenvalue weighted by Crippen LogP contribution is -2.27. The van der Waals surface area contributed by atoms with Gasteiger partial charge in [-0.25, -0.2) is 0 Å². The van der Waals surface area contributed by atoms with Crippen molar-refractivity contribution >= 4 is 0 Å². The molecule has 0 aliphatic carbocycles. The number of rotatable bonds is 8. The molecule has 0 radical (unpaired) electrons. The second kappa shape index (κ2) is 8.08. The Bertz CT molecular complexity index is 350. The summed E-state index contributed by atoms with van der Waals surface area (Å²) >= 11 is 0. The molecule has 0 amide bonds. The molecule has 1 aromatic rings.